The van der Waals surface area contributed by atoms with Gasteiger partial charge in [0.25, 0.3) is 0 Å². The number of H-pyrrole nitrogens is 1. The molecule has 0 unspecified atom stereocenters. The van der Waals surface area contributed by atoms with Crippen molar-refractivity contribution in [2.75, 3.05) is 31.1 Å². The van der Waals surface area contributed by atoms with Gasteiger partial charge in [-0.25, -0.2) is 0 Å². The number of amides is 1. The molecule has 7 nitrogen and oxygen atoms in total. The van der Waals surface area contributed by atoms with Crippen molar-refractivity contribution in [2.24, 2.45) is 0 Å². The van der Waals surface area contributed by atoms with Gasteiger partial charge in [-0.15, -0.1) is 10.2 Å². The van der Waals surface area contributed by atoms with Gasteiger partial charge in [-0.2, -0.15) is 5.21 Å². The molecule has 0 saturated carbocycles. The average Bonchev–Trinajstić information content (AvgIpc) is 3.00. The first-order valence-corrected chi connectivity index (χ1v) is 7.11. The van der Waals surface area contributed by atoms with E-state index in [-0.39, 0.29) is 12.3 Å². The van der Waals surface area contributed by atoms with Gasteiger partial charge in [-0.3, -0.25) is 4.79 Å². The number of hydrogen-bond donors (Lipinski definition) is 1. The standard InChI is InChI=1S/C13H15ClN6O/c14-10-2-1-3-11(8-10)19-4-6-20(7-5-19)13(21)9-12-15-17-18-16-12/h1-3,8H,4-7,9H2,(H,15,16,17,18). The largest absolute Gasteiger partial charge is 0.368 e. The van der Waals surface area contributed by atoms with E-state index in [9.17, 15) is 4.79 Å². The molecule has 0 radical (unpaired) electrons. The Kier molecular flexibility index (Phi) is 4.01. The van der Waals surface area contributed by atoms with Crippen LogP contribution in [0.1, 0.15) is 5.82 Å². The first-order chi connectivity index (χ1) is 10.2. The Balaban J connectivity index is 1.56. The number of anilines is 1. The number of carbonyl (C=O) groups is 1. The second-order valence-electron chi connectivity index (χ2n) is 4.85. The van der Waals surface area contributed by atoms with Crippen molar-refractivity contribution in [2.45, 2.75) is 6.42 Å². The van der Waals surface area contributed by atoms with Gasteiger partial charge in [0.15, 0.2) is 5.82 Å². The highest BCUT2D eigenvalue weighted by Crippen LogP contribution is 2.20. The van der Waals surface area contributed by atoms with Gasteiger partial charge in [0.05, 0.1) is 6.42 Å². The average molecular weight is 307 g/mol. The second kappa shape index (κ2) is 6.09. The predicted molar refractivity (Wildman–Crippen MR) is 78.1 cm³/mol. The number of hydrogen-bond acceptors (Lipinski definition) is 5. The molecule has 2 heterocycles. The van der Waals surface area contributed by atoms with Crippen LogP contribution in [0.4, 0.5) is 5.69 Å². The molecule has 1 aromatic carbocycles. The first kappa shape index (κ1) is 13.8. The van der Waals surface area contributed by atoms with E-state index in [4.69, 9.17) is 11.6 Å². The maximum atomic E-state index is 12.1. The number of benzene rings is 1. The number of carbonyl (C=O) groups excluding carboxylic acids is 1. The maximum absolute atomic E-state index is 12.1. The number of tetrazole rings is 1. The molecule has 1 N–H and O–H groups in total. The van der Waals surface area contributed by atoms with Gasteiger partial charge in [0, 0.05) is 36.9 Å². The van der Waals surface area contributed by atoms with E-state index in [1.54, 1.807) is 0 Å². The molecular weight excluding hydrogens is 292 g/mol. The van der Waals surface area contributed by atoms with Crippen molar-refractivity contribution >= 4 is 23.2 Å². The van der Waals surface area contributed by atoms with Gasteiger partial charge in [0.2, 0.25) is 5.91 Å². The van der Waals surface area contributed by atoms with Crippen LogP contribution in [-0.4, -0.2) is 57.6 Å². The molecule has 0 atom stereocenters. The topological polar surface area (TPSA) is 78.0 Å². The Bertz CT molecular complexity index is 609. The summed E-state index contributed by atoms with van der Waals surface area (Å²) < 4.78 is 0. The highest BCUT2D eigenvalue weighted by Gasteiger charge is 2.22. The number of rotatable bonds is 3. The molecule has 0 bridgehead atoms. The molecule has 1 fully saturated rings. The number of nitrogens with zero attached hydrogens (tertiary/aromatic N) is 5. The van der Waals surface area contributed by atoms with Crippen LogP contribution in [0.2, 0.25) is 5.02 Å². The van der Waals surface area contributed by atoms with Crippen molar-refractivity contribution in [3.05, 3.63) is 35.1 Å². The Morgan fingerprint density at radius 1 is 1.29 bits per heavy atom. The minimum atomic E-state index is 0.0298. The zero-order valence-electron chi connectivity index (χ0n) is 11.4. The van der Waals surface area contributed by atoms with E-state index in [0.29, 0.717) is 18.9 Å². The molecule has 110 valence electrons. The molecule has 3 rings (SSSR count). The number of nitrogens with one attached hydrogen (secondary N) is 1. The summed E-state index contributed by atoms with van der Waals surface area (Å²) in [5.41, 5.74) is 1.09. The van der Waals surface area contributed by atoms with Crippen molar-refractivity contribution in [1.29, 1.82) is 0 Å². The minimum Gasteiger partial charge on any atom is -0.368 e. The third-order valence-corrected chi connectivity index (χ3v) is 3.74. The van der Waals surface area contributed by atoms with E-state index in [1.807, 2.05) is 29.2 Å². The molecule has 21 heavy (non-hydrogen) atoms. The molecule has 0 aliphatic carbocycles. The van der Waals surface area contributed by atoms with Crippen LogP contribution in [0.3, 0.4) is 0 Å². The van der Waals surface area contributed by atoms with E-state index < -0.39 is 0 Å². The molecule has 8 heteroatoms. The van der Waals surface area contributed by atoms with Crippen LogP contribution in [0.15, 0.2) is 24.3 Å². The third kappa shape index (κ3) is 3.30. The zero-order valence-corrected chi connectivity index (χ0v) is 12.1. The van der Waals surface area contributed by atoms with Crippen LogP contribution in [0, 0.1) is 0 Å². The fraction of sp³-hybridized carbons (Fsp3) is 0.385. The Labute approximate surface area is 126 Å². The fourth-order valence-electron chi connectivity index (χ4n) is 2.39. The summed E-state index contributed by atoms with van der Waals surface area (Å²) in [7, 11) is 0. The van der Waals surface area contributed by atoms with Crippen molar-refractivity contribution in [3.63, 3.8) is 0 Å². The van der Waals surface area contributed by atoms with Crippen molar-refractivity contribution in [1.82, 2.24) is 25.5 Å². The van der Waals surface area contributed by atoms with Gasteiger partial charge < -0.3 is 9.80 Å². The molecule has 1 aliphatic heterocycles. The van der Waals surface area contributed by atoms with Gasteiger partial charge in [-0.05, 0) is 18.2 Å². The summed E-state index contributed by atoms with van der Waals surface area (Å²) in [6, 6.07) is 7.77. The summed E-state index contributed by atoms with van der Waals surface area (Å²) in [5, 5.41) is 14.1. The quantitative estimate of drug-likeness (QED) is 0.905. The highest BCUT2D eigenvalue weighted by molar-refractivity contribution is 6.30. The molecule has 1 aromatic heterocycles. The predicted octanol–water partition coefficient (Wildman–Crippen LogP) is 0.744. The minimum absolute atomic E-state index is 0.0298. The Hall–Kier alpha value is -2.15. The normalized spacial score (nSPS) is 15.3. The Morgan fingerprint density at radius 2 is 2.10 bits per heavy atom. The smallest absolute Gasteiger partial charge is 0.230 e. The molecule has 1 amide bonds. The van der Waals surface area contributed by atoms with E-state index in [2.05, 4.69) is 25.5 Å². The van der Waals surface area contributed by atoms with E-state index in [0.717, 1.165) is 23.8 Å². The van der Waals surface area contributed by atoms with Crippen molar-refractivity contribution < 1.29 is 4.79 Å². The number of piperazine rings is 1. The highest BCUT2D eigenvalue weighted by atomic mass is 35.5. The molecule has 1 aliphatic rings. The van der Waals surface area contributed by atoms with Crippen LogP contribution in [0.5, 0.6) is 0 Å². The van der Waals surface area contributed by atoms with Crippen LogP contribution >= 0.6 is 11.6 Å². The third-order valence-electron chi connectivity index (χ3n) is 3.50. The molecule has 1 saturated heterocycles. The second-order valence-corrected chi connectivity index (χ2v) is 5.29. The van der Waals surface area contributed by atoms with Crippen LogP contribution in [0.25, 0.3) is 0 Å². The number of aromatic amines is 1. The lowest BCUT2D eigenvalue weighted by atomic mass is 10.2. The molecular formula is C13H15ClN6O. The fourth-order valence-corrected chi connectivity index (χ4v) is 2.58. The summed E-state index contributed by atoms with van der Waals surface area (Å²) in [6.07, 6.45) is 0.188. The van der Waals surface area contributed by atoms with Gasteiger partial charge in [0.1, 0.15) is 0 Å². The molecule has 0 spiro atoms. The summed E-state index contributed by atoms with van der Waals surface area (Å²) >= 11 is 6.01. The monoisotopic (exact) mass is 306 g/mol. The van der Waals surface area contributed by atoms with Gasteiger partial charge >= 0.3 is 0 Å². The SMILES string of the molecule is O=C(Cc1nn[nH]n1)N1CCN(c2cccc(Cl)c2)CC1. The summed E-state index contributed by atoms with van der Waals surface area (Å²) in [5.74, 6) is 0.458. The maximum Gasteiger partial charge on any atom is 0.230 e. The van der Waals surface area contributed by atoms with E-state index in [1.165, 1.54) is 0 Å². The summed E-state index contributed by atoms with van der Waals surface area (Å²) in [6.45, 7) is 2.95. The summed E-state index contributed by atoms with van der Waals surface area (Å²) in [4.78, 5) is 16.2. The lowest BCUT2D eigenvalue weighted by molar-refractivity contribution is -0.130. The molecule has 2 aromatic rings. The van der Waals surface area contributed by atoms with Crippen molar-refractivity contribution in [3.8, 4) is 0 Å². The lowest BCUT2D eigenvalue weighted by Gasteiger charge is -2.36. The number of aromatic nitrogens is 4. The lowest BCUT2D eigenvalue weighted by Crippen LogP contribution is -2.49. The number of halogens is 1. The van der Waals surface area contributed by atoms with Crippen LogP contribution in [-0.2, 0) is 11.2 Å². The zero-order chi connectivity index (χ0) is 14.7. The van der Waals surface area contributed by atoms with Gasteiger partial charge in [-0.1, -0.05) is 22.9 Å². The Morgan fingerprint density at radius 3 is 2.76 bits per heavy atom. The van der Waals surface area contributed by atoms with Crippen LogP contribution < -0.4 is 4.90 Å². The first-order valence-electron chi connectivity index (χ1n) is 6.73. The van der Waals surface area contributed by atoms with E-state index >= 15 is 0 Å².